The summed E-state index contributed by atoms with van der Waals surface area (Å²) >= 11 is 6.92. The third-order valence-corrected chi connectivity index (χ3v) is 2.94. The molecule has 0 saturated carbocycles. The van der Waals surface area contributed by atoms with Crippen molar-refractivity contribution in [1.82, 2.24) is 14.3 Å². The highest BCUT2D eigenvalue weighted by Gasteiger charge is 2.03. The van der Waals surface area contributed by atoms with Crippen molar-refractivity contribution in [3.8, 4) is 0 Å². The lowest BCUT2D eigenvalue weighted by Crippen LogP contribution is -2.16. The van der Waals surface area contributed by atoms with Crippen LogP contribution < -0.4 is 10.6 Å². The van der Waals surface area contributed by atoms with Gasteiger partial charge in [0.1, 0.15) is 5.02 Å². The van der Waals surface area contributed by atoms with Crippen molar-refractivity contribution in [2.75, 3.05) is 5.73 Å². The number of hydrogen-bond donors (Lipinski definition) is 1. The minimum absolute atomic E-state index is 0.0289. The first-order chi connectivity index (χ1) is 7.16. The smallest absolute Gasteiger partial charge is 0.307 e. The molecule has 0 aromatic carbocycles. The lowest BCUT2D eigenvalue weighted by Gasteiger charge is -2.00. The Balaban J connectivity index is 2.05. The molecule has 0 spiro atoms. The molecule has 2 N–H and O–H groups in total. The van der Waals surface area contributed by atoms with Crippen LogP contribution in [-0.4, -0.2) is 14.3 Å². The normalized spacial score (nSPS) is 10.7. The van der Waals surface area contributed by atoms with Gasteiger partial charge in [-0.25, -0.2) is 0 Å². The van der Waals surface area contributed by atoms with Crippen LogP contribution in [0, 0.1) is 0 Å². The molecular formula is C8H9ClN4OS. The number of aromatic nitrogens is 3. The topological polar surface area (TPSA) is 65.8 Å². The van der Waals surface area contributed by atoms with Gasteiger partial charge in [-0.3, -0.25) is 9.48 Å². The second-order valence-corrected chi connectivity index (χ2v) is 4.25. The number of aryl methyl sites for hydroxylation is 2. The zero-order valence-electron chi connectivity index (χ0n) is 7.76. The van der Waals surface area contributed by atoms with Gasteiger partial charge in [-0.1, -0.05) is 22.9 Å². The van der Waals surface area contributed by atoms with Gasteiger partial charge in [-0.15, -0.1) is 0 Å². The molecule has 0 amide bonds. The molecule has 0 aliphatic carbocycles. The van der Waals surface area contributed by atoms with E-state index in [0.717, 1.165) is 0 Å². The molecule has 0 bridgehead atoms. The predicted molar refractivity (Wildman–Crippen MR) is 60.2 cm³/mol. The Kier molecular flexibility index (Phi) is 2.79. The van der Waals surface area contributed by atoms with Crippen LogP contribution in [0.25, 0.3) is 0 Å². The summed E-state index contributed by atoms with van der Waals surface area (Å²) in [6, 6.07) is 0. The molecule has 2 heterocycles. The van der Waals surface area contributed by atoms with Crippen molar-refractivity contribution in [1.29, 1.82) is 0 Å². The van der Waals surface area contributed by atoms with E-state index in [4.69, 9.17) is 17.3 Å². The van der Waals surface area contributed by atoms with E-state index in [2.05, 4.69) is 5.10 Å². The maximum Gasteiger partial charge on any atom is 0.307 e. The highest BCUT2D eigenvalue weighted by atomic mass is 35.5. The number of halogens is 1. The van der Waals surface area contributed by atoms with Crippen molar-refractivity contribution in [2.45, 2.75) is 13.1 Å². The zero-order chi connectivity index (χ0) is 10.8. The van der Waals surface area contributed by atoms with Crippen LogP contribution >= 0.6 is 22.9 Å². The fourth-order valence-electron chi connectivity index (χ4n) is 1.19. The van der Waals surface area contributed by atoms with Gasteiger partial charge in [-0.2, -0.15) is 5.10 Å². The Morgan fingerprint density at radius 2 is 2.33 bits per heavy atom. The standard InChI is InChI=1S/C8H9ClN4OS/c9-6-5-13(11-7(6)10)2-1-12-3-4-15-8(12)14/h3-5H,1-2H2,(H2,10,11). The summed E-state index contributed by atoms with van der Waals surface area (Å²) in [7, 11) is 0. The molecule has 0 saturated heterocycles. The van der Waals surface area contributed by atoms with Gasteiger partial charge in [0, 0.05) is 24.3 Å². The number of nitrogens with two attached hydrogens (primary N) is 1. The minimum atomic E-state index is 0.0289. The third-order valence-electron chi connectivity index (χ3n) is 1.96. The number of rotatable bonds is 3. The summed E-state index contributed by atoms with van der Waals surface area (Å²) in [5.41, 5.74) is 5.49. The van der Waals surface area contributed by atoms with E-state index in [0.29, 0.717) is 23.9 Å². The Labute approximate surface area is 94.7 Å². The van der Waals surface area contributed by atoms with Crippen molar-refractivity contribution < 1.29 is 0 Å². The molecule has 0 radical (unpaired) electrons. The van der Waals surface area contributed by atoms with Crippen LogP contribution in [0.1, 0.15) is 0 Å². The summed E-state index contributed by atoms with van der Waals surface area (Å²) in [6.07, 6.45) is 3.40. The summed E-state index contributed by atoms with van der Waals surface area (Å²) in [6.45, 7) is 1.15. The molecule has 5 nitrogen and oxygen atoms in total. The van der Waals surface area contributed by atoms with Gasteiger partial charge in [0.25, 0.3) is 0 Å². The van der Waals surface area contributed by atoms with Crippen LogP contribution in [0.5, 0.6) is 0 Å². The van der Waals surface area contributed by atoms with Gasteiger partial charge >= 0.3 is 4.87 Å². The quantitative estimate of drug-likeness (QED) is 0.878. The average molecular weight is 245 g/mol. The minimum Gasteiger partial charge on any atom is -0.381 e. The van der Waals surface area contributed by atoms with Gasteiger partial charge in [0.15, 0.2) is 5.82 Å². The second kappa shape index (κ2) is 4.08. The van der Waals surface area contributed by atoms with Gasteiger partial charge < -0.3 is 10.3 Å². The van der Waals surface area contributed by atoms with E-state index < -0.39 is 0 Å². The van der Waals surface area contributed by atoms with Gasteiger partial charge in [0.05, 0.1) is 6.54 Å². The van der Waals surface area contributed by atoms with E-state index in [1.807, 2.05) is 0 Å². The molecule has 0 aliphatic rings. The summed E-state index contributed by atoms with van der Waals surface area (Å²) in [5, 5.41) is 6.18. The first-order valence-electron chi connectivity index (χ1n) is 4.29. The number of hydrogen-bond acceptors (Lipinski definition) is 4. The van der Waals surface area contributed by atoms with Crippen LogP contribution in [-0.2, 0) is 13.1 Å². The van der Waals surface area contributed by atoms with E-state index in [-0.39, 0.29) is 4.87 Å². The second-order valence-electron chi connectivity index (χ2n) is 2.99. The highest BCUT2D eigenvalue weighted by molar-refractivity contribution is 7.07. The average Bonchev–Trinajstić information content (AvgIpc) is 2.72. The van der Waals surface area contributed by atoms with Crippen molar-refractivity contribution in [2.24, 2.45) is 0 Å². The summed E-state index contributed by atoms with van der Waals surface area (Å²) in [5.74, 6) is 0.314. The Bertz CT molecular complexity index is 495. The van der Waals surface area contributed by atoms with Crippen LogP contribution in [0.3, 0.4) is 0 Å². The summed E-state index contributed by atoms with van der Waals surface area (Å²) < 4.78 is 3.25. The first-order valence-corrected chi connectivity index (χ1v) is 5.55. The maximum atomic E-state index is 11.2. The lowest BCUT2D eigenvalue weighted by atomic mass is 10.6. The van der Waals surface area contributed by atoms with Crippen molar-refractivity contribution in [3.05, 3.63) is 32.5 Å². The van der Waals surface area contributed by atoms with Crippen LogP contribution in [0.4, 0.5) is 5.82 Å². The SMILES string of the molecule is Nc1nn(CCn2ccsc2=O)cc1Cl. The van der Waals surface area contributed by atoms with E-state index in [1.165, 1.54) is 11.3 Å². The fourth-order valence-corrected chi connectivity index (χ4v) is 1.96. The number of thiazole rings is 1. The lowest BCUT2D eigenvalue weighted by molar-refractivity contribution is 0.531. The molecule has 15 heavy (non-hydrogen) atoms. The van der Waals surface area contributed by atoms with Crippen molar-refractivity contribution in [3.63, 3.8) is 0 Å². The molecule has 7 heteroatoms. The number of anilines is 1. The Hall–Kier alpha value is -1.27. The maximum absolute atomic E-state index is 11.2. The predicted octanol–water partition coefficient (Wildman–Crippen LogP) is 1.04. The van der Waals surface area contributed by atoms with E-state index in [1.54, 1.807) is 27.0 Å². The molecule has 2 rings (SSSR count). The highest BCUT2D eigenvalue weighted by Crippen LogP contribution is 2.14. The fraction of sp³-hybridized carbons (Fsp3) is 0.250. The Morgan fingerprint density at radius 3 is 2.87 bits per heavy atom. The molecule has 0 atom stereocenters. The molecule has 0 aliphatic heterocycles. The molecule has 2 aromatic heterocycles. The van der Waals surface area contributed by atoms with Crippen LogP contribution in [0.15, 0.2) is 22.6 Å². The molecular weight excluding hydrogens is 236 g/mol. The largest absolute Gasteiger partial charge is 0.381 e. The zero-order valence-corrected chi connectivity index (χ0v) is 9.33. The van der Waals surface area contributed by atoms with Gasteiger partial charge in [0.2, 0.25) is 0 Å². The van der Waals surface area contributed by atoms with E-state index in [9.17, 15) is 4.79 Å². The Morgan fingerprint density at radius 1 is 1.53 bits per heavy atom. The van der Waals surface area contributed by atoms with Crippen molar-refractivity contribution >= 4 is 28.8 Å². The molecule has 80 valence electrons. The van der Waals surface area contributed by atoms with E-state index >= 15 is 0 Å². The third kappa shape index (κ3) is 2.21. The molecule has 0 fully saturated rings. The van der Waals surface area contributed by atoms with Crippen LogP contribution in [0.2, 0.25) is 5.02 Å². The summed E-state index contributed by atoms with van der Waals surface area (Å²) in [4.78, 5) is 11.2. The monoisotopic (exact) mass is 244 g/mol. The van der Waals surface area contributed by atoms with Gasteiger partial charge in [-0.05, 0) is 0 Å². The number of nitrogens with zero attached hydrogens (tertiary/aromatic N) is 3. The molecule has 0 unspecified atom stereocenters. The first kappa shape index (κ1) is 10.3. The number of nitrogen functional groups attached to an aromatic ring is 1. The molecule has 2 aromatic rings.